The molecule has 3 N–H and O–H groups in total. The lowest BCUT2D eigenvalue weighted by Crippen LogP contribution is -3.00. The first-order valence-electron chi connectivity index (χ1n) is 4.38. The molecule has 0 spiro atoms. The topological polar surface area (TPSA) is 38.0 Å². The molecule has 1 aromatic rings. The average molecular weight is 235 g/mol. The van der Waals surface area contributed by atoms with Gasteiger partial charge in [0.15, 0.2) is 0 Å². The standard InChI is InChI=1S/C10H16N2.2ClH/c11-7-4-8-12-9-10-5-2-1-3-6-10;;/h1-3,5-6,12H,4,7-9,11H2;2*1H/p-2. The zero-order valence-corrected chi connectivity index (χ0v) is 9.56. The molecule has 14 heavy (non-hydrogen) atoms. The third-order valence-electron chi connectivity index (χ3n) is 1.73. The van der Waals surface area contributed by atoms with Crippen LogP contribution < -0.4 is 35.9 Å². The maximum Gasteiger partial charge on any atom is 0.0205 e. The molecular weight excluding hydrogens is 219 g/mol. The molecule has 2 nitrogen and oxygen atoms in total. The van der Waals surface area contributed by atoms with Crippen molar-refractivity contribution in [2.24, 2.45) is 5.73 Å². The summed E-state index contributed by atoms with van der Waals surface area (Å²) in [5.74, 6) is 0. The third kappa shape index (κ3) is 7.15. The summed E-state index contributed by atoms with van der Waals surface area (Å²) in [5.41, 5.74) is 6.70. The number of nitrogens with one attached hydrogen (secondary N) is 1. The highest BCUT2D eigenvalue weighted by Gasteiger charge is 1.88. The van der Waals surface area contributed by atoms with Crippen LogP contribution in [0.3, 0.4) is 0 Å². The van der Waals surface area contributed by atoms with Crippen molar-refractivity contribution in [3.05, 3.63) is 35.9 Å². The summed E-state index contributed by atoms with van der Waals surface area (Å²) in [6.45, 7) is 2.72. The van der Waals surface area contributed by atoms with Gasteiger partial charge in [0, 0.05) is 6.54 Å². The minimum absolute atomic E-state index is 0. The van der Waals surface area contributed by atoms with Gasteiger partial charge in [-0.1, -0.05) is 30.3 Å². The summed E-state index contributed by atoms with van der Waals surface area (Å²) in [7, 11) is 0. The SMILES string of the molecule is NCCCNCc1ccccc1.[Cl-].[Cl-]. The van der Waals surface area contributed by atoms with E-state index in [4.69, 9.17) is 5.73 Å². The first-order valence-corrected chi connectivity index (χ1v) is 4.38. The largest absolute Gasteiger partial charge is 1.00 e. The number of nitrogens with two attached hydrogens (primary N) is 1. The van der Waals surface area contributed by atoms with Gasteiger partial charge in [-0.15, -0.1) is 0 Å². The van der Waals surface area contributed by atoms with Gasteiger partial charge in [-0.3, -0.25) is 0 Å². The highest BCUT2D eigenvalue weighted by atomic mass is 35.5. The van der Waals surface area contributed by atoms with Gasteiger partial charge in [-0.25, -0.2) is 0 Å². The molecule has 0 aliphatic heterocycles. The van der Waals surface area contributed by atoms with E-state index in [0.29, 0.717) is 0 Å². The molecule has 0 saturated heterocycles. The Labute approximate surface area is 98.1 Å². The van der Waals surface area contributed by atoms with Crippen LogP contribution in [0, 0.1) is 0 Å². The van der Waals surface area contributed by atoms with Gasteiger partial charge in [0.05, 0.1) is 0 Å². The maximum atomic E-state index is 5.37. The minimum Gasteiger partial charge on any atom is -1.00 e. The second kappa shape index (κ2) is 10.8. The Kier molecular flexibility index (Phi) is 12.5. The van der Waals surface area contributed by atoms with Crippen LogP contribution in [0.4, 0.5) is 0 Å². The van der Waals surface area contributed by atoms with E-state index in [2.05, 4.69) is 29.6 Å². The lowest BCUT2D eigenvalue weighted by Gasteiger charge is -2.02. The average Bonchev–Trinajstić information content (AvgIpc) is 2.14. The van der Waals surface area contributed by atoms with E-state index < -0.39 is 0 Å². The van der Waals surface area contributed by atoms with Crippen LogP contribution in [0.1, 0.15) is 12.0 Å². The highest BCUT2D eigenvalue weighted by molar-refractivity contribution is 5.14. The van der Waals surface area contributed by atoms with Gasteiger partial charge < -0.3 is 35.9 Å². The number of hydrogen-bond donors (Lipinski definition) is 2. The van der Waals surface area contributed by atoms with Crippen molar-refractivity contribution < 1.29 is 24.8 Å². The molecule has 0 radical (unpaired) electrons. The van der Waals surface area contributed by atoms with E-state index in [0.717, 1.165) is 26.1 Å². The molecule has 0 bridgehead atoms. The Bertz CT molecular complexity index is 205. The molecule has 0 aliphatic carbocycles. The molecule has 0 aliphatic rings. The van der Waals surface area contributed by atoms with Gasteiger partial charge in [0.1, 0.15) is 0 Å². The lowest BCUT2D eigenvalue weighted by atomic mass is 10.2. The van der Waals surface area contributed by atoms with Gasteiger partial charge in [0.2, 0.25) is 0 Å². The van der Waals surface area contributed by atoms with Crippen molar-refractivity contribution in [3.63, 3.8) is 0 Å². The molecule has 1 aromatic carbocycles. The Balaban J connectivity index is 0. The summed E-state index contributed by atoms with van der Waals surface area (Å²) in [6.07, 6.45) is 1.05. The van der Waals surface area contributed by atoms with Crippen molar-refractivity contribution >= 4 is 0 Å². The second-order valence-electron chi connectivity index (χ2n) is 2.80. The maximum absolute atomic E-state index is 5.37. The van der Waals surface area contributed by atoms with E-state index >= 15 is 0 Å². The number of benzene rings is 1. The summed E-state index contributed by atoms with van der Waals surface area (Å²) in [5, 5.41) is 3.32. The smallest absolute Gasteiger partial charge is 0.0205 e. The zero-order valence-electron chi connectivity index (χ0n) is 8.05. The summed E-state index contributed by atoms with van der Waals surface area (Å²) in [4.78, 5) is 0. The molecule has 4 heteroatoms. The molecule has 0 unspecified atom stereocenters. The molecule has 0 saturated carbocycles. The van der Waals surface area contributed by atoms with Crippen LogP contribution in [0.2, 0.25) is 0 Å². The van der Waals surface area contributed by atoms with Crippen LogP contribution in [0.15, 0.2) is 30.3 Å². The normalized spacial score (nSPS) is 8.64. The zero-order chi connectivity index (χ0) is 8.65. The Hall–Kier alpha value is -0.280. The first kappa shape index (κ1) is 16.2. The number of hydrogen-bond acceptors (Lipinski definition) is 2. The Morgan fingerprint density at radius 1 is 1.07 bits per heavy atom. The molecule has 1 rings (SSSR count). The molecule has 0 amide bonds. The fraction of sp³-hybridized carbons (Fsp3) is 0.400. The fourth-order valence-electron chi connectivity index (χ4n) is 1.06. The minimum atomic E-state index is 0. The fourth-order valence-corrected chi connectivity index (χ4v) is 1.06. The Morgan fingerprint density at radius 3 is 2.29 bits per heavy atom. The van der Waals surface area contributed by atoms with Crippen molar-refractivity contribution in [1.29, 1.82) is 0 Å². The summed E-state index contributed by atoms with van der Waals surface area (Å²) < 4.78 is 0. The quantitative estimate of drug-likeness (QED) is 0.502. The molecule has 0 aromatic heterocycles. The van der Waals surface area contributed by atoms with E-state index in [1.54, 1.807) is 0 Å². The van der Waals surface area contributed by atoms with Crippen molar-refractivity contribution in [3.8, 4) is 0 Å². The molecule has 0 heterocycles. The molecular formula is C10H16Cl2N2-2. The van der Waals surface area contributed by atoms with Gasteiger partial charge in [-0.05, 0) is 25.1 Å². The summed E-state index contributed by atoms with van der Waals surface area (Å²) in [6, 6.07) is 10.4. The van der Waals surface area contributed by atoms with Gasteiger partial charge >= 0.3 is 0 Å². The van der Waals surface area contributed by atoms with Crippen molar-refractivity contribution in [2.75, 3.05) is 13.1 Å². The lowest BCUT2D eigenvalue weighted by molar-refractivity contribution is -0.001000. The monoisotopic (exact) mass is 234 g/mol. The van der Waals surface area contributed by atoms with Gasteiger partial charge in [0.25, 0.3) is 0 Å². The van der Waals surface area contributed by atoms with Crippen LogP contribution >= 0.6 is 0 Å². The Morgan fingerprint density at radius 2 is 1.71 bits per heavy atom. The van der Waals surface area contributed by atoms with Crippen molar-refractivity contribution in [2.45, 2.75) is 13.0 Å². The van der Waals surface area contributed by atoms with Crippen molar-refractivity contribution in [1.82, 2.24) is 5.32 Å². The van der Waals surface area contributed by atoms with E-state index in [1.165, 1.54) is 5.56 Å². The van der Waals surface area contributed by atoms with Crippen LogP contribution in [0.25, 0.3) is 0 Å². The second-order valence-corrected chi connectivity index (χ2v) is 2.80. The first-order chi connectivity index (χ1) is 5.93. The number of halogens is 2. The molecule has 0 fully saturated rings. The summed E-state index contributed by atoms with van der Waals surface area (Å²) >= 11 is 0. The predicted molar refractivity (Wildman–Crippen MR) is 51.8 cm³/mol. The molecule has 0 atom stereocenters. The van der Waals surface area contributed by atoms with Crippen LogP contribution in [0.5, 0.6) is 0 Å². The highest BCUT2D eigenvalue weighted by Crippen LogP contribution is 1.96. The van der Waals surface area contributed by atoms with E-state index in [9.17, 15) is 0 Å². The van der Waals surface area contributed by atoms with Crippen LogP contribution in [-0.4, -0.2) is 13.1 Å². The van der Waals surface area contributed by atoms with Gasteiger partial charge in [-0.2, -0.15) is 0 Å². The van der Waals surface area contributed by atoms with Crippen LogP contribution in [-0.2, 0) is 6.54 Å². The van der Waals surface area contributed by atoms with E-state index in [-0.39, 0.29) is 24.8 Å². The predicted octanol–water partition coefficient (Wildman–Crippen LogP) is -4.87. The molecule has 82 valence electrons. The number of rotatable bonds is 5. The van der Waals surface area contributed by atoms with E-state index in [1.807, 2.05) is 6.07 Å². The third-order valence-corrected chi connectivity index (χ3v) is 1.73.